The predicted molar refractivity (Wildman–Crippen MR) is 114 cm³/mol. The number of rotatable bonds is 8. The maximum absolute atomic E-state index is 13.0. The number of anilines is 1. The Bertz CT molecular complexity index is 976. The second kappa shape index (κ2) is 10.2. The average molecular weight is 454 g/mol. The number of nitrogens with one attached hydrogen (secondary N) is 1. The number of benzene rings is 1. The molecule has 1 aromatic carbocycles. The second-order valence-corrected chi connectivity index (χ2v) is 9.10. The molecule has 0 radical (unpaired) electrons. The molecule has 0 bridgehead atoms. The average Bonchev–Trinajstić information content (AvgIpc) is 2.76. The summed E-state index contributed by atoms with van der Waals surface area (Å²) in [5.74, 6) is -0.0527. The Morgan fingerprint density at radius 2 is 1.93 bits per heavy atom. The minimum Gasteiger partial charge on any atom is -0.475 e. The Hall–Kier alpha value is -2.20. The predicted octanol–water partition coefficient (Wildman–Crippen LogP) is 3.19. The summed E-state index contributed by atoms with van der Waals surface area (Å²) in [4.78, 5) is 16.7. The SMILES string of the molecule is COCCOc1ccc(NC(=O)c2ccc(Cl)c(S(=O)(=O)N3CCCCC3)c2)cn1. The number of pyridine rings is 1. The molecule has 1 N–H and O–H groups in total. The molecule has 2 aromatic rings. The fourth-order valence-corrected chi connectivity index (χ4v) is 5.08. The lowest BCUT2D eigenvalue weighted by molar-refractivity contribution is 0.102. The lowest BCUT2D eigenvalue weighted by Gasteiger charge is -2.26. The number of amides is 1. The van der Waals surface area contributed by atoms with Crippen LogP contribution in [-0.2, 0) is 14.8 Å². The summed E-state index contributed by atoms with van der Waals surface area (Å²) in [6.07, 6.45) is 4.10. The van der Waals surface area contributed by atoms with Gasteiger partial charge < -0.3 is 14.8 Å². The summed E-state index contributed by atoms with van der Waals surface area (Å²) in [5, 5.41) is 2.79. The van der Waals surface area contributed by atoms with Gasteiger partial charge in [-0.25, -0.2) is 13.4 Å². The first-order valence-corrected chi connectivity index (χ1v) is 11.4. The Morgan fingerprint density at radius 3 is 2.60 bits per heavy atom. The molecule has 1 aromatic heterocycles. The van der Waals surface area contributed by atoms with Gasteiger partial charge in [0, 0.05) is 31.8 Å². The first-order chi connectivity index (χ1) is 14.4. The van der Waals surface area contributed by atoms with Crippen molar-refractivity contribution in [3.8, 4) is 5.88 Å². The highest BCUT2D eigenvalue weighted by Crippen LogP contribution is 2.28. The van der Waals surface area contributed by atoms with Gasteiger partial charge in [0.05, 0.1) is 23.5 Å². The molecule has 0 unspecified atom stereocenters. The van der Waals surface area contributed by atoms with Gasteiger partial charge in [0.25, 0.3) is 5.91 Å². The number of carbonyl (C=O) groups excluding carboxylic acids is 1. The van der Waals surface area contributed by atoms with Gasteiger partial charge in [-0.1, -0.05) is 18.0 Å². The summed E-state index contributed by atoms with van der Waals surface area (Å²) >= 11 is 6.16. The van der Waals surface area contributed by atoms with E-state index in [2.05, 4.69) is 10.3 Å². The number of nitrogens with zero attached hydrogens (tertiary/aromatic N) is 2. The fraction of sp³-hybridized carbons (Fsp3) is 0.400. The lowest BCUT2D eigenvalue weighted by atomic mass is 10.2. The molecule has 1 amide bonds. The van der Waals surface area contributed by atoms with Crippen LogP contribution < -0.4 is 10.1 Å². The zero-order valence-electron chi connectivity index (χ0n) is 16.6. The van der Waals surface area contributed by atoms with E-state index >= 15 is 0 Å². The van der Waals surface area contributed by atoms with E-state index in [1.54, 1.807) is 19.2 Å². The van der Waals surface area contributed by atoms with Crippen LogP contribution in [0, 0.1) is 0 Å². The molecule has 0 spiro atoms. The van der Waals surface area contributed by atoms with Gasteiger partial charge in [-0.2, -0.15) is 4.31 Å². The van der Waals surface area contributed by atoms with E-state index in [0.29, 0.717) is 37.9 Å². The van der Waals surface area contributed by atoms with Crippen molar-refractivity contribution in [1.82, 2.24) is 9.29 Å². The summed E-state index contributed by atoms with van der Waals surface area (Å²) in [7, 11) is -2.18. The molecule has 162 valence electrons. The molecule has 30 heavy (non-hydrogen) atoms. The number of hydrogen-bond acceptors (Lipinski definition) is 6. The zero-order chi connectivity index (χ0) is 21.6. The second-order valence-electron chi connectivity index (χ2n) is 6.79. The molecule has 10 heteroatoms. The quantitative estimate of drug-likeness (QED) is 0.616. The molecule has 1 aliphatic heterocycles. The highest BCUT2D eigenvalue weighted by Gasteiger charge is 2.28. The third-order valence-corrected chi connectivity index (χ3v) is 7.04. The van der Waals surface area contributed by atoms with Gasteiger partial charge in [0.1, 0.15) is 11.5 Å². The van der Waals surface area contributed by atoms with Crippen LogP contribution in [-0.4, -0.2) is 57.0 Å². The molecule has 1 fully saturated rings. The van der Waals surface area contributed by atoms with Crippen molar-refractivity contribution in [2.75, 3.05) is 38.7 Å². The van der Waals surface area contributed by atoms with Crippen molar-refractivity contribution in [3.63, 3.8) is 0 Å². The highest BCUT2D eigenvalue weighted by atomic mass is 35.5. The number of hydrogen-bond donors (Lipinski definition) is 1. The maximum atomic E-state index is 13.0. The highest BCUT2D eigenvalue weighted by molar-refractivity contribution is 7.89. The number of sulfonamides is 1. The van der Waals surface area contributed by atoms with E-state index in [9.17, 15) is 13.2 Å². The third kappa shape index (κ3) is 5.48. The number of ether oxygens (including phenoxy) is 2. The number of piperidine rings is 1. The van der Waals surface area contributed by atoms with E-state index in [0.717, 1.165) is 19.3 Å². The third-order valence-electron chi connectivity index (χ3n) is 4.66. The van der Waals surface area contributed by atoms with Gasteiger partial charge in [0.15, 0.2) is 0 Å². The van der Waals surface area contributed by atoms with Crippen LogP contribution >= 0.6 is 11.6 Å². The van der Waals surface area contributed by atoms with Crippen molar-refractivity contribution in [2.45, 2.75) is 24.2 Å². The van der Waals surface area contributed by atoms with Crippen molar-refractivity contribution in [3.05, 3.63) is 47.1 Å². The monoisotopic (exact) mass is 453 g/mol. The Kier molecular flexibility index (Phi) is 7.65. The number of aromatic nitrogens is 1. The van der Waals surface area contributed by atoms with Gasteiger partial charge in [-0.3, -0.25) is 4.79 Å². The van der Waals surface area contributed by atoms with Crippen LogP contribution in [0.5, 0.6) is 5.88 Å². The molecule has 3 rings (SSSR count). The summed E-state index contributed by atoms with van der Waals surface area (Å²) in [6, 6.07) is 7.51. The van der Waals surface area contributed by atoms with Crippen LogP contribution in [0.25, 0.3) is 0 Å². The van der Waals surface area contributed by atoms with Crippen LogP contribution in [0.3, 0.4) is 0 Å². The molecule has 2 heterocycles. The molecule has 1 aliphatic rings. The Labute approximate surface area is 181 Å². The van der Waals surface area contributed by atoms with Crippen molar-refractivity contribution < 1.29 is 22.7 Å². The normalized spacial score (nSPS) is 15.0. The number of halogens is 1. The lowest BCUT2D eigenvalue weighted by Crippen LogP contribution is -2.35. The van der Waals surface area contributed by atoms with Crippen LogP contribution in [0.4, 0.5) is 5.69 Å². The van der Waals surface area contributed by atoms with Crippen LogP contribution in [0.1, 0.15) is 29.6 Å². The molecule has 0 aliphatic carbocycles. The number of methoxy groups -OCH3 is 1. The summed E-state index contributed by atoms with van der Waals surface area (Å²) < 4.78 is 37.6. The minimum absolute atomic E-state index is 0.0567. The molecular formula is C20H24ClN3O5S. The van der Waals surface area contributed by atoms with Crippen molar-refractivity contribution in [2.24, 2.45) is 0 Å². The first kappa shape index (κ1) is 22.5. The zero-order valence-corrected chi connectivity index (χ0v) is 18.2. The minimum atomic E-state index is -3.76. The van der Waals surface area contributed by atoms with Crippen molar-refractivity contribution >= 4 is 33.2 Å². The molecule has 0 saturated carbocycles. The van der Waals surface area contributed by atoms with E-state index < -0.39 is 15.9 Å². The van der Waals surface area contributed by atoms with Gasteiger partial charge in [-0.15, -0.1) is 0 Å². The summed E-state index contributed by atoms with van der Waals surface area (Å²) in [5.41, 5.74) is 0.643. The molecular weight excluding hydrogens is 430 g/mol. The Morgan fingerprint density at radius 1 is 1.17 bits per heavy atom. The number of carbonyl (C=O) groups is 1. The van der Waals surface area contributed by atoms with E-state index in [-0.39, 0.29) is 15.5 Å². The largest absolute Gasteiger partial charge is 0.475 e. The van der Waals surface area contributed by atoms with Gasteiger partial charge in [0.2, 0.25) is 15.9 Å². The molecule has 8 nitrogen and oxygen atoms in total. The van der Waals surface area contributed by atoms with E-state index in [1.165, 1.54) is 28.7 Å². The first-order valence-electron chi connectivity index (χ1n) is 9.60. The maximum Gasteiger partial charge on any atom is 0.255 e. The van der Waals surface area contributed by atoms with Gasteiger partial charge >= 0.3 is 0 Å². The van der Waals surface area contributed by atoms with Gasteiger partial charge in [-0.05, 0) is 37.1 Å². The van der Waals surface area contributed by atoms with E-state index in [4.69, 9.17) is 21.1 Å². The smallest absolute Gasteiger partial charge is 0.255 e. The topological polar surface area (TPSA) is 97.8 Å². The van der Waals surface area contributed by atoms with E-state index in [1.807, 2.05) is 0 Å². The van der Waals surface area contributed by atoms with Crippen LogP contribution in [0.2, 0.25) is 5.02 Å². The Balaban J connectivity index is 1.73. The fourth-order valence-electron chi connectivity index (χ4n) is 3.06. The van der Waals surface area contributed by atoms with Crippen LogP contribution in [0.15, 0.2) is 41.4 Å². The van der Waals surface area contributed by atoms with Crippen molar-refractivity contribution in [1.29, 1.82) is 0 Å². The molecule has 0 atom stereocenters. The molecule has 1 saturated heterocycles. The summed E-state index contributed by atoms with van der Waals surface area (Å²) in [6.45, 7) is 1.73. The standard InChI is InChI=1S/C20H24ClN3O5S/c1-28-11-12-29-19-8-6-16(14-22-19)23-20(25)15-5-7-17(21)18(13-15)30(26,27)24-9-3-2-4-10-24/h5-8,13-14H,2-4,9-12H2,1H3,(H,23,25).